The molecule has 2 aromatic carbocycles. The molecule has 0 spiro atoms. The van der Waals surface area contributed by atoms with Crippen molar-refractivity contribution in [2.24, 2.45) is 5.73 Å². The van der Waals surface area contributed by atoms with Crippen molar-refractivity contribution in [3.05, 3.63) is 59.1 Å². The van der Waals surface area contributed by atoms with Crippen LogP contribution in [-0.4, -0.2) is 6.03 Å². The van der Waals surface area contributed by atoms with Gasteiger partial charge in [0.05, 0.1) is 0 Å². The van der Waals surface area contributed by atoms with Crippen molar-refractivity contribution in [3.63, 3.8) is 0 Å². The first-order valence-corrected chi connectivity index (χ1v) is 6.16. The number of primary amides is 1. The molecule has 0 fully saturated rings. The van der Waals surface area contributed by atoms with E-state index in [0.29, 0.717) is 17.3 Å². The summed E-state index contributed by atoms with van der Waals surface area (Å²) >= 11 is 5.92. The molecule has 2 amide bonds. The first kappa shape index (κ1) is 13.2. The maximum Gasteiger partial charge on any atom is 0.316 e. The highest BCUT2D eigenvalue weighted by atomic mass is 35.5. The lowest BCUT2D eigenvalue weighted by Crippen LogP contribution is -2.19. The summed E-state index contributed by atoms with van der Waals surface area (Å²) in [5.74, 6) is 0. The van der Waals surface area contributed by atoms with Crippen LogP contribution in [0.3, 0.4) is 0 Å². The molecule has 0 aliphatic carbocycles. The summed E-state index contributed by atoms with van der Waals surface area (Å²) in [7, 11) is 0. The minimum absolute atomic E-state index is 0.577. The highest BCUT2D eigenvalue weighted by molar-refractivity contribution is 6.30. The molecule has 0 unspecified atom stereocenters. The van der Waals surface area contributed by atoms with Crippen molar-refractivity contribution in [3.8, 4) is 0 Å². The molecule has 4 N–H and O–H groups in total. The molecule has 0 aromatic heterocycles. The molecular weight excluding hydrogens is 262 g/mol. The molecule has 4 nitrogen and oxygen atoms in total. The molecule has 0 radical (unpaired) electrons. The zero-order chi connectivity index (χ0) is 13.7. The first-order chi connectivity index (χ1) is 9.13. The summed E-state index contributed by atoms with van der Waals surface area (Å²) < 4.78 is 0. The van der Waals surface area contributed by atoms with E-state index in [-0.39, 0.29) is 0 Å². The normalized spacial score (nSPS) is 9.95. The largest absolute Gasteiger partial charge is 0.381 e. The zero-order valence-electron chi connectivity index (χ0n) is 10.2. The van der Waals surface area contributed by atoms with E-state index in [1.165, 1.54) is 0 Å². The van der Waals surface area contributed by atoms with Crippen LogP contribution >= 0.6 is 11.6 Å². The van der Waals surface area contributed by atoms with Crippen LogP contribution in [0, 0.1) is 0 Å². The van der Waals surface area contributed by atoms with E-state index in [1.807, 2.05) is 42.5 Å². The van der Waals surface area contributed by atoms with Crippen LogP contribution < -0.4 is 16.4 Å². The van der Waals surface area contributed by atoms with Crippen LogP contribution in [0.5, 0.6) is 0 Å². The number of urea groups is 1. The number of amides is 2. The molecule has 0 saturated heterocycles. The molecule has 0 bridgehead atoms. The van der Waals surface area contributed by atoms with E-state index >= 15 is 0 Å². The lowest BCUT2D eigenvalue weighted by atomic mass is 10.2. The van der Waals surface area contributed by atoms with Crippen LogP contribution in [0.25, 0.3) is 0 Å². The van der Waals surface area contributed by atoms with Crippen molar-refractivity contribution in [2.75, 3.05) is 10.6 Å². The fourth-order valence-electron chi connectivity index (χ4n) is 1.70. The lowest BCUT2D eigenvalue weighted by molar-refractivity contribution is 0.259. The number of carbonyl (C=O) groups excluding carboxylic acids is 1. The van der Waals surface area contributed by atoms with E-state index < -0.39 is 6.03 Å². The van der Waals surface area contributed by atoms with Crippen molar-refractivity contribution < 1.29 is 4.79 Å². The topological polar surface area (TPSA) is 67.2 Å². The molecule has 98 valence electrons. The van der Waals surface area contributed by atoms with Crippen molar-refractivity contribution in [1.82, 2.24) is 0 Å². The molecule has 0 atom stereocenters. The minimum atomic E-state index is -0.577. The number of rotatable bonds is 4. The smallest absolute Gasteiger partial charge is 0.316 e. The van der Waals surface area contributed by atoms with E-state index in [9.17, 15) is 4.79 Å². The van der Waals surface area contributed by atoms with Gasteiger partial charge in [0.1, 0.15) is 0 Å². The number of hydrogen-bond donors (Lipinski definition) is 3. The molecule has 19 heavy (non-hydrogen) atoms. The second-order valence-corrected chi connectivity index (χ2v) is 4.49. The summed E-state index contributed by atoms with van der Waals surface area (Å²) in [5.41, 5.74) is 7.71. The van der Waals surface area contributed by atoms with E-state index in [2.05, 4.69) is 10.6 Å². The average Bonchev–Trinajstić information content (AvgIpc) is 2.36. The Morgan fingerprint density at radius 3 is 2.58 bits per heavy atom. The number of carbonyl (C=O) groups is 1. The number of benzene rings is 2. The van der Waals surface area contributed by atoms with Gasteiger partial charge in [0.15, 0.2) is 0 Å². The Bertz CT molecular complexity index is 586. The number of nitrogens with one attached hydrogen (secondary N) is 2. The number of hydrogen-bond acceptors (Lipinski definition) is 2. The monoisotopic (exact) mass is 275 g/mol. The third kappa shape index (κ3) is 4.19. The number of nitrogens with two attached hydrogens (primary N) is 1. The second kappa shape index (κ2) is 6.11. The summed E-state index contributed by atoms with van der Waals surface area (Å²) in [4.78, 5) is 10.8. The van der Waals surface area contributed by atoms with Crippen LogP contribution in [0.15, 0.2) is 48.5 Å². The molecule has 2 aromatic rings. The van der Waals surface area contributed by atoms with Gasteiger partial charge >= 0.3 is 6.03 Å². The Labute approximate surface area is 116 Å². The quantitative estimate of drug-likeness (QED) is 0.800. The van der Waals surface area contributed by atoms with Gasteiger partial charge in [0.25, 0.3) is 0 Å². The summed E-state index contributed by atoms with van der Waals surface area (Å²) in [6, 6.07) is 14.4. The predicted molar refractivity (Wildman–Crippen MR) is 78.4 cm³/mol. The van der Waals surface area contributed by atoms with Gasteiger partial charge in [-0.25, -0.2) is 4.79 Å². The maximum absolute atomic E-state index is 10.8. The summed E-state index contributed by atoms with van der Waals surface area (Å²) in [5, 5.41) is 6.49. The molecule has 0 heterocycles. The van der Waals surface area contributed by atoms with E-state index in [1.54, 1.807) is 6.07 Å². The Hall–Kier alpha value is -2.20. The Morgan fingerprint density at radius 2 is 1.84 bits per heavy atom. The Morgan fingerprint density at radius 1 is 1.11 bits per heavy atom. The number of halogens is 1. The highest BCUT2D eigenvalue weighted by Gasteiger charge is 1.99. The van der Waals surface area contributed by atoms with Crippen molar-refractivity contribution in [1.29, 1.82) is 0 Å². The van der Waals surface area contributed by atoms with E-state index in [0.717, 1.165) is 11.3 Å². The van der Waals surface area contributed by atoms with Crippen LogP contribution in [0.2, 0.25) is 5.02 Å². The van der Waals surface area contributed by atoms with Gasteiger partial charge in [0, 0.05) is 22.9 Å². The van der Waals surface area contributed by atoms with Gasteiger partial charge in [0.2, 0.25) is 0 Å². The third-order valence-electron chi connectivity index (χ3n) is 2.52. The first-order valence-electron chi connectivity index (χ1n) is 5.78. The second-order valence-electron chi connectivity index (χ2n) is 4.05. The lowest BCUT2D eigenvalue weighted by Gasteiger charge is -2.09. The fraction of sp³-hybridized carbons (Fsp3) is 0.0714. The van der Waals surface area contributed by atoms with Gasteiger partial charge in [-0.05, 0) is 35.9 Å². The Balaban J connectivity index is 2.01. The molecule has 0 saturated carbocycles. The molecular formula is C14H14ClN3O. The zero-order valence-corrected chi connectivity index (χ0v) is 10.9. The summed E-state index contributed by atoms with van der Waals surface area (Å²) in [6.45, 7) is 0.653. The maximum atomic E-state index is 10.8. The predicted octanol–water partition coefficient (Wildman–Crippen LogP) is 3.44. The van der Waals surface area contributed by atoms with Gasteiger partial charge < -0.3 is 16.4 Å². The van der Waals surface area contributed by atoms with Crippen LogP contribution in [0.4, 0.5) is 16.2 Å². The molecule has 2 rings (SSSR count). The van der Waals surface area contributed by atoms with Crippen LogP contribution in [-0.2, 0) is 6.54 Å². The molecule has 5 heteroatoms. The SMILES string of the molecule is NC(=O)Nc1cccc(NCc2cccc(Cl)c2)c1. The Kier molecular flexibility index (Phi) is 4.26. The van der Waals surface area contributed by atoms with Crippen LogP contribution in [0.1, 0.15) is 5.56 Å². The van der Waals surface area contributed by atoms with E-state index in [4.69, 9.17) is 17.3 Å². The third-order valence-corrected chi connectivity index (χ3v) is 2.75. The molecule has 0 aliphatic rings. The highest BCUT2D eigenvalue weighted by Crippen LogP contribution is 2.17. The van der Waals surface area contributed by atoms with Gasteiger partial charge in [-0.15, -0.1) is 0 Å². The fourth-order valence-corrected chi connectivity index (χ4v) is 1.91. The average molecular weight is 276 g/mol. The number of anilines is 2. The van der Waals surface area contributed by atoms with Gasteiger partial charge in [-0.3, -0.25) is 0 Å². The van der Waals surface area contributed by atoms with Gasteiger partial charge in [-0.2, -0.15) is 0 Å². The summed E-state index contributed by atoms with van der Waals surface area (Å²) in [6.07, 6.45) is 0. The van der Waals surface area contributed by atoms with Crippen molar-refractivity contribution in [2.45, 2.75) is 6.54 Å². The minimum Gasteiger partial charge on any atom is -0.381 e. The van der Waals surface area contributed by atoms with Gasteiger partial charge in [-0.1, -0.05) is 29.8 Å². The molecule has 0 aliphatic heterocycles. The van der Waals surface area contributed by atoms with Crippen molar-refractivity contribution >= 4 is 29.0 Å². The standard InChI is InChI=1S/C14H14ClN3O/c15-11-4-1-3-10(7-11)9-17-12-5-2-6-13(8-12)18-14(16)19/h1-8,17H,9H2,(H3,16,18,19).